The number of hydrogen-bond donors (Lipinski definition) is 2. The average Bonchev–Trinajstić information content (AvgIpc) is 2.75. The third kappa shape index (κ3) is 3.28. The van der Waals surface area contributed by atoms with Gasteiger partial charge in [-0.1, -0.05) is 35.0 Å². The van der Waals surface area contributed by atoms with Crippen molar-refractivity contribution in [1.29, 1.82) is 0 Å². The van der Waals surface area contributed by atoms with Crippen LogP contribution in [0.15, 0.2) is 28.7 Å². The lowest BCUT2D eigenvalue weighted by Crippen LogP contribution is -2.47. The summed E-state index contributed by atoms with van der Waals surface area (Å²) in [5, 5.41) is 0. The highest BCUT2D eigenvalue weighted by atomic mass is 79.9. The second-order valence-corrected chi connectivity index (χ2v) is 5.62. The molecule has 0 radical (unpaired) electrons. The molecular weight excluding hydrogens is 280 g/mol. The second-order valence-electron chi connectivity index (χ2n) is 4.71. The Balaban J connectivity index is 2.01. The summed E-state index contributed by atoms with van der Waals surface area (Å²) in [5.74, 6) is 6.23. The van der Waals surface area contributed by atoms with Crippen LogP contribution >= 0.6 is 15.9 Å². The van der Waals surface area contributed by atoms with E-state index < -0.39 is 0 Å². The van der Waals surface area contributed by atoms with Gasteiger partial charge >= 0.3 is 0 Å². The van der Waals surface area contributed by atoms with Crippen LogP contribution in [-0.2, 0) is 11.2 Å². The number of rotatable bonds is 4. The van der Waals surface area contributed by atoms with Gasteiger partial charge in [-0.25, -0.2) is 0 Å². The van der Waals surface area contributed by atoms with Crippen molar-refractivity contribution in [3.8, 4) is 0 Å². The molecule has 1 saturated heterocycles. The fraction of sp³-hybridized carbons (Fsp3) is 0.538. The zero-order valence-corrected chi connectivity index (χ0v) is 11.6. The van der Waals surface area contributed by atoms with Crippen LogP contribution < -0.4 is 11.3 Å². The van der Waals surface area contributed by atoms with Crippen LogP contribution in [0, 0.1) is 5.92 Å². The van der Waals surface area contributed by atoms with E-state index in [1.54, 1.807) is 0 Å². The summed E-state index contributed by atoms with van der Waals surface area (Å²) in [6.07, 6.45) is 2.26. The Morgan fingerprint density at radius 3 is 2.71 bits per heavy atom. The Labute approximate surface area is 111 Å². The summed E-state index contributed by atoms with van der Waals surface area (Å²) in [6.45, 7) is 3.08. The predicted octanol–water partition coefficient (Wildman–Crippen LogP) is 2.25. The first-order valence-electron chi connectivity index (χ1n) is 6.03. The number of nitrogens with two attached hydrogens (primary N) is 1. The number of hydrogen-bond acceptors (Lipinski definition) is 3. The Morgan fingerprint density at radius 1 is 1.47 bits per heavy atom. The minimum atomic E-state index is 0.189. The molecule has 1 aromatic carbocycles. The summed E-state index contributed by atoms with van der Waals surface area (Å²) in [6, 6.07) is 8.54. The topological polar surface area (TPSA) is 47.3 Å². The van der Waals surface area contributed by atoms with Crippen molar-refractivity contribution in [3.05, 3.63) is 34.3 Å². The van der Waals surface area contributed by atoms with Crippen molar-refractivity contribution in [1.82, 2.24) is 5.43 Å². The van der Waals surface area contributed by atoms with Crippen LogP contribution in [0.25, 0.3) is 0 Å². The van der Waals surface area contributed by atoms with Crippen molar-refractivity contribution in [2.45, 2.75) is 31.9 Å². The van der Waals surface area contributed by atoms with Crippen molar-refractivity contribution in [2.24, 2.45) is 11.8 Å². The SMILES string of the molecule is CC1CCOC1C(Cc1ccc(Br)cc1)NN. The summed E-state index contributed by atoms with van der Waals surface area (Å²) >= 11 is 3.44. The number of ether oxygens (including phenoxy) is 1. The number of benzene rings is 1. The highest BCUT2D eigenvalue weighted by Gasteiger charge is 2.31. The predicted molar refractivity (Wildman–Crippen MR) is 72.5 cm³/mol. The van der Waals surface area contributed by atoms with E-state index >= 15 is 0 Å². The van der Waals surface area contributed by atoms with E-state index in [9.17, 15) is 0 Å². The summed E-state index contributed by atoms with van der Waals surface area (Å²) in [7, 11) is 0. The Kier molecular flexibility index (Phi) is 4.56. The Hall–Kier alpha value is -0.420. The van der Waals surface area contributed by atoms with Crippen LogP contribution in [0.3, 0.4) is 0 Å². The van der Waals surface area contributed by atoms with E-state index in [0.717, 1.165) is 23.9 Å². The summed E-state index contributed by atoms with van der Waals surface area (Å²) in [4.78, 5) is 0. The fourth-order valence-corrected chi connectivity index (χ4v) is 2.64. The highest BCUT2D eigenvalue weighted by molar-refractivity contribution is 9.10. The minimum absolute atomic E-state index is 0.189. The largest absolute Gasteiger partial charge is 0.376 e. The van der Waals surface area contributed by atoms with Crippen molar-refractivity contribution < 1.29 is 4.74 Å². The average molecular weight is 299 g/mol. The molecule has 0 saturated carbocycles. The standard InChI is InChI=1S/C13H19BrN2O/c1-9-6-7-17-13(9)12(16-15)8-10-2-4-11(14)5-3-10/h2-5,9,12-13,16H,6-8,15H2,1H3. The van der Waals surface area contributed by atoms with Gasteiger partial charge in [0.2, 0.25) is 0 Å². The van der Waals surface area contributed by atoms with E-state index in [0.29, 0.717) is 5.92 Å². The number of halogens is 1. The molecule has 3 nitrogen and oxygen atoms in total. The molecule has 17 heavy (non-hydrogen) atoms. The third-order valence-electron chi connectivity index (χ3n) is 3.42. The van der Waals surface area contributed by atoms with Gasteiger partial charge in [0.15, 0.2) is 0 Å². The van der Waals surface area contributed by atoms with Gasteiger partial charge < -0.3 is 4.74 Å². The molecule has 0 spiro atoms. The molecule has 3 atom stereocenters. The van der Waals surface area contributed by atoms with E-state index in [1.165, 1.54) is 5.56 Å². The zero-order chi connectivity index (χ0) is 12.3. The first-order valence-corrected chi connectivity index (χ1v) is 6.82. The summed E-state index contributed by atoms with van der Waals surface area (Å²) in [5.41, 5.74) is 4.18. The minimum Gasteiger partial charge on any atom is -0.376 e. The molecule has 94 valence electrons. The van der Waals surface area contributed by atoms with Gasteiger partial charge in [0, 0.05) is 11.1 Å². The lowest BCUT2D eigenvalue weighted by Gasteiger charge is -2.25. The van der Waals surface area contributed by atoms with E-state index in [-0.39, 0.29) is 12.1 Å². The van der Waals surface area contributed by atoms with Gasteiger partial charge in [-0.15, -0.1) is 0 Å². The number of nitrogens with one attached hydrogen (secondary N) is 1. The molecule has 4 heteroatoms. The molecule has 0 aromatic heterocycles. The molecule has 0 amide bonds. The van der Waals surface area contributed by atoms with Crippen molar-refractivity contribution >= 4 is 15.9 Å². The molecule has 2 rings (SSSR count). The van der Waals surface area contributed by atoms with Gasteiger partial charge in [0.1, 0.15) is 0 Å². The Bertz CT molecular complexity index is 355. The monoisotopic (exact) mass is 298 g/mol. The molecule has 1 heterocycles. The first kappa shape index (κ1) is 13.0. The molecule has 0 aliphatic carbocycles. The van der Waals surface area contributed by atoms with Gasteiger partial charge in [0.05, 0.1) is 12.1 Å². The summed E-state index contributed by atoms with van der Waals surface area (Å²) < 4.78 is 6.86. The third-order valence-corrected chi connectivity index (χ3v) is 3.95. The lowest BCUT2D eigenvalue weighted by molar-refractivity contribution is 0.0610. The van der Waals surface area contributed by atoms with Crippen molar-refractivity contribution in [2.75, 3.05) is 6.61 Å². The molecule has 3 N–H and O–H groups in total. The molecule has 1 aliphatic rings. The smallest absolute Gasteiger partial charge is 0.0771 e. The quantitative estimate of drug-likeness (QED) is 0.662. The van der Waals surface area contributed by atoms with Crippen LogP contribution in [0.2, 0.25) is 0 Å². The molecule has 1 aliphatic heterocycles. The molecule has 1 fully saturated rings. The van der Waals surface area contributed by atoms with Gasteiger partial charge in [-0.3, -0.25) is 11.3 Å². The van der Waals surface area contributed by atoms with E-state index in [4.69, 9.17) is 10.6 Å². The van der Waals surface area contributed by atoms with Crippen LogP contribution in [0.4, 0.5) is 0 Å². The van der Waals surface area contributed by atoms with Crippen LogP contribution in [-0.4, -0.2) is 18.8 Å². The zero-order valence-electron chi connectivity index (χ0n) is 10.0. The van der Waals surface area contributed by atoms with Gasteiger partial charge in [0.25, 0.3) is 0 Å². The molecule has 0 bridgehead atoms. The highest BCUT2D eigenvalue weighted by Crippen LogP contribution is 2.24. The molecule has 3 unspecified atom stereocenters. The lowest BCUT2D eigenvalue weighted by atomic mass is 9.93. The maximum absolute atomic E-state index is 5.76. The van der Waals surface area contributed by atoms with E-state index in [2.05, 4.69) is 52.5 Å². The molecular formula is C13H19BrN2O. The second kappa shape index (κ2) is 5.96. The molecule has 1 aromatic rings. The van der Waals surface area contributed by atoms with Crippen molar-refractivity contribution in [3.63, 3.8) is 0 Å². The van der Waals surface area contributed by atoms with Gasteiger partial charge in [-0.05, 0) is 36.5 Å². The maximum Gasteiger partial charge on any atom is 0.0771 e. The number of hydrazine groups is 1. The van der Waals surface area contributed by atoms with Gasteiger partial charge in [-0.2, -0.15) is 0 Å². The Morgan fingerprint density at radius 2 is 2.18 bits per heavy atom. The van der Waals surface area contributed by atoms with Crippen LogP contribution in [0.5, 0.6) is 0 Å². The normalized spacial score (nSPS) is 26.1. The fourth-order valence-electron chi connectivity index (χ4n) is 2.38. The first-order chi connectivity index (χ1) is 8.20. The van der Waals surface area contributed by atoms with Crippen LogP contribution in [0.1, 0.15) is 18.9 Å². The maximum atomic E-state index is 5.76. The van der Waals surface area contributed by atoms with E-state index in [1.807, 2.05) is 0 Å².